The van der Waals surface area contributed by atoms with Crippen LogP contribution >= 0.6 is 11.8 Å². The third-order valence-electron chi connectivity index (χ3n) is 2.35. The van der Waals surface area contributed by atoms with Gasteiger partial charge in [0.25, 0.3) is 0 Å². The lowest BCUT2D eigenvalue weighted by Crippen LogP contribution is -2.05. The molecule has 0 unspecified atom stereocenters. The zero-order valence-electron chi connectivity index (χ0n) is 10.7. The molecule has 0 aliphatic carbocycles. The highest BCUT2D eigenvalue weighted by atomic mass is 32.2. The second-order valence-corrected chi connectivity index (χ2v) is 4.91. The van der Waals surface area contributed by atoms with Crippen molar-refractivity contribution in [3.63, 3.8) is 0 Å². The van der Waals surface area contributed by atoms with Gasteiger partial charge in [0.15, 0.2) is 0 Å². The highest BCUT2D eigenvalue weighted by Gasteiger charge is 2.31. The molecule has 0 spiro atoms. The lowest BCUT2D eigenvalue weighted by atomic mass is 10.2. The van der Waals surface area contributed by atoms with Crippen molar-refractivity contribution in [2.75, 3.05) is 5.75 Å². The van der Waals surface area contributed by atoms with E-state index in [1.165, 1.54) is 6.20 Å². The highest BCUT2D eigenvalue weighted by Crippen LogP contribution is 2.31. The normalized spacial score (nSPS) is 10.8. The highest BCUT2D eigenvalue weighted by molar-refractivity contribution is 7.99. The number of rotatable bonds is 2. The van der Waals surface area contributed by atoms with Crippen LogP contribution in [0.1, 0.15) is 18.2 Å². The topological polar surface area (TPSA) is 51.4 Å². The summed E-state index contributed by atoms with van der Waals surface area (Å²) in [7, 11) is 0. The van der Waals surface area contributed by atoms with Crippen LogP contribution < -0.4 is 0 Å². The Hall–Kier alpha value is -1.79. The Labute approximate surface area is 117 Å². The van der Waals surface area contributed by atoms with Crippen LogP contribution in [0.2, 0.25) is 0 Å². The molecule has 0 saturated heterocycles. The van der Waals surface area contributed by atoms with E-state index in [1.807, 2.05) is 6.92 Å². The maximum absolute atomic E-state index is 12.5. The first kappa shape index (κ1) is 16.3. The molecule has 108 valence electrons. The first-order valence-electron chi connectivity index (χ1n) is 5.53. The van der Waals surface area contributed by atoms with Gasteiger partial charge in [-0.1, -0.05) is 6.92 Å². The molecule has 0 atom stereocenters. The van der Waals surface area contributed by atoms with Gasteiger partial charge in [0.2, 0.25) is 0 Å². The van der Waals surface area contributed by atoms with Gasteiger partial charge in [0.1, 0.15) is 10.7 Å². The average molecular weight is 304 g/mol. The van der Waals surface area contributed by atoms with Gasteiger partial charge in [0, 0.05) is 6.20 Å². The Bertz CT molecular complexity index is 631. The van der Waals surface area contributed by atoms with Gasteiger partial charge >= 0.3 is 12.3 Å². The number of hydrogen-bond acceptors (Lipinski definition) is 4. The number of thioether (sulfide) groups is 1. The molecule has 0 aromatic carbocycles. The number of aromatic nitrogens is 2. The summed E-state index contributed by atoms with van der Waals surface area (Å²) in [6.07, 6.45) is -2.64. The fraction of sp³-hybridized carbons (Fsp3) is 0.333. The van der Waals surface area contributed by atoms with Crippen molar-refractivity contribution in [2.24, 2.45) is 0 Å². The molecule has 0 saturated carbocycles. The summed E-state index contributed by atoms with van der Waals surface area (Å²) in [6, 6.07) is 2.15. The zero-order chi connectivity index (χ0) is 15.3. The first-order chi connectivity index (χ1) is 9.35. The fourth-order valence-corrected chi connectivity index (χ4v) is 2.45. The predicted molar refractivity (Wildman–Crippen MR) is 66.3 cm³/mol. The number of fused-ring (bicyclic) bond motifs is 1. The molecule has 0 radical (unpaired) electrons. The molecule has 2 heterocycles. The number of pyridine rings is 1. The molecule has 0 N–H and O–H groups in total. The summed E-state index contributed by atoms with van der Waals surface area (Å²) < 4.78 is 39.3. The molecule has 2 aromatic heterocycles. The van der Waals surface area contributed by atoms with Gasteiger partial charge in [-0.05, 0) is 24.8 Å². The van der Waals surface area contributed by atoms with E-state index in [0.29, 0.717) is 5.65 Å². The van der Waals surface area contributed by atoms with E-state index in [2.05, 4.69) is 4.98 Å². The lowest BCUT2D eigenvalue weighted by Gasteiger charge is -2.07. The van der Waals surface area contributed by atoms with Gasteiger partial charge in [-0.25, -0.2) is 4.98 Å². The smallest absolute Gasteiger partial charge is 0.294 e. The predicted octanol–water partition coefficient (Wildman–Crippen LogP) is 3.19. The van der Waals surface area contributed by atoms with Gasteiger partial charge in [-0.2, -0.15) is 22.8 Å². The first-order valence-corrected chi connectivity index (χ1v) is 6.51. The molecule has 0 bridgehead atoms. The Balaban J connectivity index is 0.000000612. The van der Waals surface area contributed by atoms with Gasteiger partial charge < -0.3 is 0 Å². The molecule has 0 aliphatic heterocycles. The summed E-state index contributed by atoms with van der Waals surface area (Å²) in [5, 5.41) is 0.899. The van der Waals surface area contributed by atoms with Gasteiger partial charge in [-0.15, -0.1) is 11.8 Å². The third-order valence-corrected chi connectivity index (χ3v) is 3.41. The third kappa shape index (κ3) is 3.61. The van der Waals surface area contributed by atoms with E-state index < -0.39 is 11.7 Å². The number of carbonyl (C=O) groups excluding carboxylic acids is 2. The monoisotopic (exact) mass is 304 g/mol. The van der Waals surface area contributed by atoms with Crippen molar-refractivity contribution in [3.8, 4) is 0 Å². The number of imidazole rings is 1. The molecule has 20 heavy (non-hydrogen) atoms. The number of aryl methyl sites for hydroxylation is 1. The Morgan fingerprint density at radius 1 is 1.40 bits per heavy atom. The van der Waals surface area contributed by atoms with Crippen molar-refractivity contribution in [1.82, 2.24) is 9.38 Å². The average Bonchev–Trinajstić information content (AvgIpc) is 2.66. The quantitative estimate of drug-likeness (QED) is 0.800. The van der Waals surface area contributed by atoms with Crippen molar-refractivity contribution in [1.29, 1.82) is 0 Å². The lowest BCUT2D eigenvalue weighted by molar-refractivity contribution is -0.191. The summed E-state index contributed by atoms with van der Waals surface area (Å²) in [6.45, 7) is 3.80. The van der Waals surface area contributed by atoms with Crippen LogP contribution in [-0.2, 0) is 15.8 Å². The van der Waals surface area contributed by atoms with Crippen molar-refractivity contribution < 1.29 is 22.8 Å². The van der Waals surface area contributed by atoms with Crippen LogP contribution in [0, 0.1) is 6.92 Å². The molecule has 0 amide bonds. The van der Waals surface area contributed by atoms with Crippen molar-refractivity contribution in [3.05, 3.63) is 29.6 Å². The minimum atomic E-state index is -4.32. The second kappa shape index (κ2) is 6.58. The maximum atomic E-state index is 12.5. The van der Waals surface area contributed by atoms with E-state index in [-0.39, 0.29) is 6.15 Å². The van der Waals surface area contributed by atoms with E-state index >= 15 is 0 Å². The number of alkyl halides is 3. The summed E-state index contributed by atoms with van der Waals surface area (Å²) in [5.41, 5.74) is 0.437. The molecule has 2 rings (SSSR count). The van der Waals surface area contributed by atoms with Crippen LogP contribution in [-0.4, -0.2) is 21.3 Å². The summed E-state index contributed by atoms with van der Waals surface area (Å²) >= 11 is 1.57. The zero-order valence-corrected chi connectivity index (χ0v) is 11.5. The SMILES string of the molecule is CCSc1c(C)nc2cc(C(F)(F)F)ccn12.O=C=O. The number of nitrogens with zero attached hydrogens (tertiary/aromatic N) is 2. The standard InChI is InChI=1S/C11H11F3N2S.CO2/c1-3-17-10-7(2)15-9-6-8(11(12,13)14)4-5-16(9)10;2-1-3/h4-6H,3H2,1-2H3;. The van der Waals surface area contributed by atoms with Crippen LogP contribution in [0.3, 0.4) is 0 Å². The molecule has 0 aliphatic rings. The van der Waals surface area contributed by atoms with Crippen molar-refractivity contribution in [2.45, 2.75) is 25.0 Å². The Kier molecular flexibility index (Phi) is 5.35. The number of halogens is 3. The van der Waals surface area contributed by atoms with Crippen LogP contribution in [0.5, 0.6) is 0 Å². The molecular weight excluding hydrogens is 293 g/mol. The summed E-state index contributed by atoms with van der Waals surface area (Å²) in [5.74, 6) is 0.857. The molecule has 4 nitrogen and oxygen atoms in total. The fourth-order valence-electron chi connectivity index (χ4n) is 1.63. The summed E-state index contributed by atoms with van der Waals surface area (Å²) in [4.78, 5) is 20.4. The molecule has 2 aromatic rings. The van der Waals surface area contributed by atoms with Crippen LogP contribution in [0.15, 0.2) is 23.4 Å². The number of hydrogen-bond donors (Lipinski definition) is 0. The van der Waals surface area contributed by atoms with E-state index in [4.69, 9.17) is 9.59 Å². The maximum Gasteiger partial charge on any atom is 0.416 e. The van der Waals surface area contributed by atoms with Gasteiger partial charge in [-0.3, -0.25) is 4.40 Å². The minimum absolute atomic E-state index is 0.250. The largest absolute Gasteiger partial charge is 0.416 e. The molecule has 8 heteroatoms. The Morgan fingerprint density at radius 2 is 2.00 bits per heavy atom. The minimum Gasteiger partial charge on any atom is -0.294 e. The molecular formula is C12H11F3N2O2S. The van der Waals surface area contributed by atoms with E-state index in [0.717, 1.165) is 28.6 Å². The molecule has 0 fully saturated rings. The van der Waals surface area contributed by atoms with Crippen LogP contribution in [0.25, 0.3) is 5.65 Å². The van der Waals surface area contributed by atoms with E-state index in [9.17, 15) is 13.2 Å². The Morgan fingerprint density at radius 3 is 2.50 bits per heavy atom. The van der Waals surface area contributed by atoms with Crippen molar-refractivity contribution >= 4 is 23.6 Å². The van der Waals surface area contributed by atoms with Crippen LogP contribution in [0.4, 0.5) is 13.2 Å². The second-order valence-electron chi connectivity index (χ2n) is 3.66. The van der Waals surface area contributed by atoms with Gasteiger partial charge in [0.05, 0.1) is 11.3 Å². The van der Waals surface area contributed by atoms with E-state index in [1.54, 1.807) is 23.1 Å².